The van der Waals surface area contributed by atoms with Crippen LogP contribution in [-0.4, -0.2) is 5.11 Å². The molecule has 0 radical (unpaired) electrons. The van der Waals surface area contributed by atoms with Crippen LogP contribution in [0.25, 0.3) is 10.8 Å². The number of phenolic OH excluding ortho intramolecular Hbond substituents is 1. The average Bonchev–Trinajstić information content (AvgIpc) is 2.60. The van der Waals surface area contributed by atoms with E-state index >= 15 is 0 Å². The predicted octanol–water partition coefficient (Wildman–Crippen LogP) is 7.26. The van der Waals surface area contributed by atoms with Crippen LogP contribution >= 0.6 is 0 Å². The number of rotatable bonds is 4. The summed E-state index contributed by atoms with van der Waals surface area (Å²) in [6.45, 7) is 11.1. The third kappa shape index (κ3) is 4.33. The van der Waals surface area contributed by atoms with Crippen molar-refractivity contribution in [3.05, 3.63) is 60.2 Å². The Bertz CT molecular complexity index is 1030. The van der Waals surface area contributed by atoms with Crippen molar-refractivity contribution in [2.24, 2.45) is 15.6 Å². The highest BCUT2D eigenvalue weighted by molar-refractivity contribution is 5.97. The lowest BCUT2D eigenvalue weighted by Crippen LogP contribution is -2.24. The van der Waals surface area contributed by atoms with E-state index in [4.69, 9.17) is 5.73 Å². The fourth-order valence-electron chi connectivity index (χ4n) is 3.94. The van der Waals surface area contributed by atoms with Gasteiger partial charge >= 0.3 is 0 Å². The van der Waals surface area contributed by atoms with E-state index < -0.39 is 0 Å². The predicted molar refractivity (Wildman–Crippen MR) is 118 cm³/mol. The normalized spacial score (nSPS) is 12.8. The van der Waals surface area contributed by atoms with E-state index in [9.17, 15) is 5.11 Å². The highest BCUT2D eigenvalue weighted by Crippen LogP contribution is 2.40. The third-order valence-corrected chi connectivity index (χ3v) is 4.92. The van der Waals surface area contributed by atoms with Gasteiger partial charge in [-0.1, -0.05) is 71.0 Å². The summed E-state index contributed by atoms with van der Waals surface area (Å²) in [4.78, 5) is 0. The second-order valence-corrected chi connectivity index (χ2v) is 9.25. The van der Waals surface area contributed by atoms with Gasteiger partial charge in [-0.05, 0) is 46.4 Å². The Kier molecular flexibility index (Phi) is 5.16. The summed E-state index contributed by atoms with van der Waals surface area (Å²) in [5.74, 6) is 0.109. The Balaban J connectivity index is 2.01. The van der Waals surface area contributed by atoms with E-state index in [2.05, 4.69) is 44.8 Å². The van der Waals surface area contributed by atoms with Crippen LogP contribution in [0, 0.1) is 5.41 Å². The fourth-order valence-corrected chi connectivity index (χ4v) is 3.94. The molecule has 3 N–H and O–H groups in total. The molecule has 0 amide bonds. The SMILES string of the molecule is CC(C)(C)CC(C)(C)c1ccc(O)c(N=Nc2c(N)ccc3ccccc23)c1. The number of benzene rings is 3. The molecule has 0 bridgehead atoms. The molecule has 3 aromatic rings. The number of hydrogen-bond donors (Lipinski definition) is 2. The number of anilines is 1. The Morgan fingerprint density at radius 3 is 2.32 bits per heavy atom. The van der Waals surface area contributed by atoms with Crippen LogP contribution in [-0.2, 0) is 5.41 Å². The van der Waals surface area contributed by atoms with Gasteiger partial charge < -0.3 is 10.8 Å². The Hall–Kier alpha value is -2.88. The largest absolute Gasteiger partial charge is 0.506 e. The van der Waals surface area contributed by atoms with Gasteiger partial charge in [-0.15, -0.1) is 10.2 Å². The minimum atomic E-state index is -0.0469. The molecular weight excluding hydrogens is 346 g/mol. The molecule has 0 unspecified atom stereocenters. The van der Waals surface area contributed by atoms with Crippen LogP contribution in [0.2, 0.25) is 0 Å². The van der Waals surface area contributed by atoms with Crippen molar-refractivity contribution >= 4 is 27.8 Å². The molecule has 0 fully saturated rings. The quantitative estimate of drug-likeness (QED) is 0.372. The highest BCUT2D eigenvalue weighted by atomic mass is 16.3. The van der Waals surface area contributed by atoms with E-state index in [1.807, 2.05) is 48.5 Å². The third-order valence-electron chi connectivity index (χ3n) is 4.92. The van der Waals surface area contributed by atoms with Crippen molar-refractivity contribution in [3.8, 4) is 5.75 Å². The molecule has 3 rings (SSSR count). The van der Waals surface area contributed by atoms with E-state index in [1.54, 1.807) is 6.07 Å². The van der Waals surface area contributed by atoms with Gasteiger partial charge in [-0.2, -0.15) is 0 Å². The second kappa shape index (κ2) is 7.27. The molecule has 0 aliphatic heterocycles. The van der Waals surface area contributed by atoms with Crippen LogP contribution < -0.4 is 5.73 Å². The molecule has 0 aliphatic rings. The molecule has 0 heterocycles. The maximum atomic E-state index is 10.3. The number of nitrogens with zero attached hydrogens (tertiary/aromatic N) is 2. The van der Waals surface area contributed by atoms with E-state index in [0.29, 0.717) is 17.1 Å². The summed E-state index contributed by atoms with van der Waals surface area (Å²) in [6, 6.07) is 17.3. The first kappa shape index (κ1) is 19.9. The van der Waals surface area contributed by atoms with E-state index in [-0.39, 0.29) is 16.6 Å². The van der Waals surface area contributed by atoms with Crippen molar-refractivity contribution in [1.82, 2.24) is 0 Å². The van der Waals surface area contributed by atoms with Crippen LogP contribution in [0.3, 0.4) is 0 Å². The Morgan fingerprint density at radius 1 is 0.893 bits per heavy atom. The van der Waals surface area contributed by atoms with Gasteiger partial charge in [0.25, 0.3) is 0 Å². The maximum Gasteiger partial charge on any atom is 0.143 e. The van der Waals surface area contributed by atoms with Gasteiger partial charge in [0.05, 0.1) is 5.69 Å². The zero-order valence-electron chi connectivity index (χ0n) is 17.3. The first-order valence-electron chi connectivity index (χ1n) is 9.59. The summed E-state index contributed by atoms with van der Waals surface area (Å²) in [7, 11) is 0. The lowest BCUT2D eigenvalue weighted by molar-refractivity contribution is 0.284. The molecule has 28 heavy (non-hydrogen) atoms. The first-order valence-corrected chi connectivity index (χ1v) is 9.59. The molecule has 0 spiro atoms. The number of aromatic hydroxyl groups is 1. The number of hydrogen-bond acceptors (Lipinski definition) is 4. The van der Waals surface area contributed by atoms with Crippen LogP contribution in [0.1, 0.15) is 46.6 Å². The summed E-state index contributed by atoms with van der Waals surface area (Å²) >= 11 is 0. The van der Waals surface area contributed by atoms with Crippen LogP contribution in [0.4, 0.5) is 17.1 Å². The molecule has 3 aromatic carbocycles. The lowest BCUT2D eigenvalue weighted by atomic mass is 9.72. The zero-order chi connectivity index (χ0) is 20.5. The number of fused-ring (bicyclic) bond motifs is 1. The van der Waals surface area contributed by atoms with Gasteiger partial charge in [0.15, 0.2) is 0 Å². The van der Waals surface area contributed by atoms with Crippen molar-refractivity contribution in [3.63, 3.8) is 0 Å². The van der Waals surface area contributed by atoms with Crippen LogP contribution in [0.5, 0.6) is 5.75 Å². The minimum absolute atomic E-state index is 0.0469. The maximum absolute atomic E-state index is 10.3. The molecule has 0 aromatic heterocycles. The molecule has 0 saturated carbocycles. The number of azo groups is 1. The molecule has 4 nitrogen and oxygen atoms in total. The van der Waals surface area contributed by atoms with E-state index in [1.165, 1.54) is 0 Å². The first-order chi connectivity index (χ1) is 13.1. The average molecular weight is 376 g/mol. The molecular formula is C24H29N3O. The Morgan fingerprint density at radius 2 is 1.61 bits per heavy atom. The Labute approximate surface area is 167 Å². The molecule has 0 saturated heterocycles. The summed E-state index contributed by atoms with van der Waals surface area (Å²) in [6.07, 6.45) is 1.01. The standard InChI is InChI=1S/C24H29N3O/c1-23(2,3)15-24(4,5)17-11-13-21(28)20(14-17)26-27-22-18-9-7-6-8-16(18)10-12-19(22)25/h6-14,28H,15,25H2,1-5H3. The van der Waals surface area contributed by atoms with Crippen LogP contribution in [0.15, 0.2) is 64.8 Å². The lowest BCUT2D eigenvalue weighted by Gasteiger charge is -2.33. The molecule has 4 heteroatoms. The summed E-state index contributed by atoms with van der Waals surface area (Å²) in [5, 5.41) is 21.1. The molecule has 0 atom stereocenters. The highest BCUT2D eigenvalue weighted by Gasteiger charge is 2.27. The topological polar surface area (TPSA) is 71.0 Å². The van der Waals surface area contributed by atoms with Gasteiger partial charge in [0.1, 0.15) is 17.1 Å². The van der Waals surface area contributed by atoms with E-state index in [0.717, 1.165) is 22.8 Å². The fraction of sp³-hybridized carbons (Fsp3) is 0.333. The smallest absolute Gasteiger partial charge is 0.143 e. The minimum Gasteiger partial charge on any atom is -0.506 e. The van der Waals surface area contributed by atoms with Crippen molar-refractivity contribution in [2.45, 2.75) is 46.5 Å². The second-order valence-electron chi connectivity index (χ2n) is 9.25. The van der Waals surface area contributed by atoms with Crippen molar-refractivity contribution in [2.75, 3.05) is 5.73 Å². The molecule has 0 aliphatic carbocycles. The number of nitrogens with two attached hydrogens (primary N) is 1. The number of nitrogen functional groups attached to an aromatic ring is 1. The van der Waals surface area contributed by atoms with Gasteiger partial charge in [0.2, 0.25) is 0 Å². The summed E-state index contributed by atoms with van der Waals surface area (Å²) in [5.41, 5.74) is 9.05. The van der Waals surface area contributed by atoms with Crippen molar-refractivity contribution < 1.29 is 5.11 Å². The zero-order valence-corrected chi connectivity index (χ0v) is 17.3. The summed E-state index contributed by atoms with van der Waals surface area (Å²) < 4.78 is 0. The van der Waals surface area contributed by atoms with Crippen molar-refractivity contribution in [1.29, 1.82) is 0 Å². The molecule has 146 valence electrons. The monoisotopic (exact) mass is 375 g/mol. The van der Waals surface area contributed by atoms with Gasteiger partial charge in [-0.3, -0.25) is 0 Å². The van der Waals surface area contributed by atoms with Gasteiger partial charge in [-0.25, -0.2) is 0 Å². The number of phenols is 1. The van der Waals surface area contributed by atoms with Gasteiger partial charge in [0, 0.05) is 5.39 Å².